The number of nitrogens with zero attached hydrogens (tertiary/aromatic N) is 4. The van der Waals surface area contributed by atoms with Gasteiger partial charge in [0.25, 0.3) is 0 Å². The van der Waals surface area contributed by atoms with E-state index in [0.717, 1.165) is 22.6 Å². The average Bonchev–Trinajstić information content (AvgIpc) is 3.05. The van der Waals surface area contributed by atoms with Crippen molar-refractivity contribution >= 4 is 33.3 Å². The van der Waals surface area contributed by atoms with Crippen molar-refractivity contribution in [2.24, 2.45) is 0 Å². The Hall–Kier alpha value is -2.47. The van der Waals surface area contributed by atoms with Crippen LogP contribution in [-0.2, 0) is 11.3 Å². The topological polar surface area (TPSA) is 49.3 Å². The van der Waals surface area contributed by atoms with Crippen LogP contribution in [0.3, 0.4) is 0 Å². The zero-order chi connectivity index (χ0) is 16.5. The van der Waals surface area contributed by atoms with Crippen LogP contribution in [0.5, 0.6) is 0 Å². The van der Waals surface area contributed by atoms with Gasteiger partial charge in [0.15, 0.2) is 0 Å². The number of carbonyl (C=O) groups excluding carboxylic acids is 1. The number of aromatic nitrogens is 2. The molecule has 1 aliphatic rings. The number of hydrogen-bond donors (Lipinski definition) is 0. The van der Waals surface area contributed by atoms with Gasteiger partial charge in [-0.05, 0) is 23.9 Å². The van der Waals surface area contributed by atoms with Gasteiger partial charge in [-0.2, -0.15) is 0 Å². The Morgan fingerprint density at radius 3 is 2.96 bits per heavy atom. The van der Waals surface area contributed by atoms with Crippen LogP contribution in [0, 0.1) is 6.92 Å². The lowest BCUT2D eigenvalue weighted by Crippen LogP contribution is -2.50. The van der Waals surface area contributed by atoms with Crippen molar-refractivity contribution in [3.05, 3.63) is 53.2 Å². The largest absolute Gasteiger partial charge is 0.345 e. The molecule has 1 aromatic carbocycles. The second-order valence-corrected chi connectivity index (χ2v) is 6.96. The third-order valence-corrected chi connectivity index (χ3v) is 5.14. The number of piperazine rings is 1. The molecule has 5 nitrogen and oxygen atoms in total. The number of thiophene rings is 1. The third-order valence-electron chi connectivity index (χ3n) is 4.31. The summed E-state index contributed by atoms with van der Waals surface area (Å²) in [5, 5.41) is 3.04. The van der Waals surface area contributed by atoms with Crippen LogP contribution in [0.2, 0.25) is 0 Å². The Morgan fingerprint density at radius 2 is 2.12 bits per heavy atom. The van der Waals surface area contributed by atoms with Crippen LogP contribution in [0.15, 0.2) is 42.0 Å². The van der Waals surface area contributed by atoms with Crippen LogP contribution >= 0.6 is 11.3 Å². The summed E-state index contributed by atoms with van der Waals surface area (Å²) < 4.78 is 0. The van der Waals surface area contributed by atoms with Crippen LogP contribution in [0.4, 0.5) is 5.82 Å². The van der Waals surface area contributed by atoms with E-state index in [0.29, 0.717) is 19.6 Å². The molecule has 2 aromatic heterocycles. The van der Waals surface area contributed by atoms with E-state index >= 15 is 0 Å². The summed E-state index contributed by atoms with van der Waals surface area (Å²) in [5.74, 6) is 1.01. The van der Waals surface area contributed by atoms with Crippen LogP contribution in [-0.4, -0.2) is 40.4 Å². The summed E-state index contributed by atoms with van der Waals surface area (Å²) in [4.78, 5) is 26.2. The van der Waals surface area contributed by atoms with Gasteiger partial charge in [0.1, 0.15) is 17.0 Å². The van der Waals surface area contributed by atoms with Gasteiger partial charge in [-0.3, -0.25) is 4.79 Å². The predicted molar refractivity (Wildman–Crippen MR) is 96.2 cm³/mol. The summed E-state index contributed by atoms with van der Waals surface area (Å²) in [7, 11) is 0. The van der Waals surface area contributed by atoms with Crippen molar-refractivity contribution < 1.29 is 4.79 Å². The maximum absolute atomic E-state index is 12.6. The van der Waals surface area contributed by atoms with Crippen molar-refractivity contribution in [3.63, 3.8) is 0 Å². The number of carbonyl (C=O) groups is 1. The molecule has 1 fully saturated rings. The molecular weight excluding hydrogens is 320 g/mol. The molecule has 24 heavy (non-hydrogen) atoms. The Kier molecular flexibility index (Phi) is 3.90. The van der Waals surface area contributed by atoms with Crippen molar-refractivity contribution in [2.75, 3.05) is 24.5 Å². The fourth-order valence-corrected chi connectivity index (χ4v) is 3.84. The van der Waals surface area contributed by atoms with Gasteiger partial charge in [0.05, 0.1) is 11.9 Å². The molecule has 4 rings (SSSR count). The van der Waals surface area contributed by atoms with Crippen molar-refractivity contribution in [2.45, 2.75) is 13.5 Å². The number of hydrogen-bond acceptors (Lipinski definition) is 5. The Bertz CT molecular complexity index is 891. The van der Waals surface area contributed by atoms with Gasteiger partial charge in [-0.25, -0.2) is 9.97 Å². The van der Waals surface area contributed by atoms with E-state index in [-0.39, 0.29) is 5.91 Å². The summed E-state index contributed by atoms with van der Waals surface area (Å²) in [5.41, 5.74) is 2.40. The van der Waals surface area contributed by atoms with Gasteiger partial charge in [0, 0.05) is 19.6 Å². The molecule has 0 atom stereocenters. The monoisotopic (exact) mass is 338 g/mol. The highest BCUT2D eigenvalue weighted by Gasteiger charge is 2.26. The maximum atomic E-state index is 12.6. The molecule has 0 aliphatic carbocycles. The lowest BCUT2D eigenvalue weighted by atomic mass is 10.1. The second kappa shape index (κ2) is 6.20. The summed E-state index contributed by atoms with van der Waals surface area (Å²) in [6, 6.07) is 10.4. The van der Waals surface area contributed by atoms with Crippen molar-refractivity contribution in [1.82, 2.24) is 14.9 Å². The highest BCUT2D eigenvalue weighted by molar-refractivity contribution is 7.16. The third kappa shape index (κ3) is 2.85. The number of aryl methyl sites for hydroxylation is 1. The number of rotatable bonds is 3. The van der Waals surface area contributed by atoms with Gasteiger partial charge in [0.2, 0.25) is 5.91 Å². The minimum absolute atomic E-state index is 0.143. The molecule has 0 saturated carbocycles. The lowest BCUT2D eigenvalue weighted by molar-refractivity contribution is -0.131. The fourth-order valence-electron chi connectivity index (χ4n) is 3.12. The Labute approximate surface area is 144 Å². The zero-order valence-electron chi connectivity index (χ0n) is 13.5. The van der Waals surface area contributed by atoms with Crippen LogP contribution < -0.4 is 4.90 Å². The molecule has 0 N–H and O–H groups in total. The first-order chi connectivity index (χ1) is 11.7. The fraction of sp³-hybridized carbons (Fsp3) is 0.278. The highest BCUT2D eigenvalue weighted by Crippen LogP contribution is 2.27. The van der Waals surface area contributed by atoms with Gasteiger partial charge in [-0.1, -0.05) is 29.8 Å². The van der Waals surface area contributed by atoms with E-state index in [9.17, 15) is 4.79 Å². The van der Waals surface area contributed by atoms with Crippen LogP contribution in [0.1, 0.15) is 11.1 Å². The molecule has 1 saturated heterocycles. The summed E-state index contributed by atoms with van der Waals surface area (Å²) in [6.45, 7) is 4.62. The molecule has 122 valence electrons. The Morgan fingerprint density at radius 1 is 1.21 bits per heavy atom. The quantitative estimate of drug-likeness (QED) is 0.737. The van der Waals surface area contributed by atoms with E-state index < -0.39 is 0 Å². The molecular formula is C18H18N4OS. The van der Waals surface area contributed by atoms with E-state index in [4.69, 9.17) is 0 Å². The molecule has 0 radical (unpaired) electrons. The number of fused-ring (bicyclic) bond motifs is 1. The SMILES string of the molecule is Cc1cccc(CN2CCN(c3ncnc4sccc34)CC2=O)c1. The van der Waals surface area contributed by atoms with E-state index in [2.05, 4.69) is 40.0 Å². The minimum Gasteiger partial charge on any atom is -0.345 e. The first-order valence-corrected chi connectivity index (χ1v) is 8.85. The van der Waals surface area contributed by atoms with E-state index in [1.165, 1.54) is 11.1 Å². The number of benzene rings is 1. The maximum Gasteiger partial charge on any atom is 0.242 e. The Balaban J connectivity index is 1.50. The van der Waals surface area contributed by atoms with E-state index in [1.807, 2.05) is 22.4 Å². The standard InChI is InChI=1S/C18H18N4OS/c1-13-3-2-4-14(9-13)10-21-6-7-22(11-16(21)23)17-15-5-8-24-18(15)20-12-19-17/h2-5,8-9,12H,6-7,10-11H2,1H3. The second-order valence-electron chi connectivity index (χ2n) is 6.06. The molecule has 0 unspecified atom stereocenters. The predicted octanol–water partition coefficient (Wildman–Crippen LogP) is 2.85. The summed E-state index contributed by atoms with van der Waals surface area (Å²) in [6.07, 6.45) is 1.58. The van der Waals surface area contributed by atoms with Gasteiger partial charge in [-0.15, -0.1) is 11.3 Å². The molecule has 0 bridgehead atoms. The average molecular weight is 338 g/mol. The number of anilines is 1. The number of amides is 1. The molecule has 3 aromatic rings. The minimum atomic E-state index is 0.143. The molecule has 0 spiro atoms. The highest BCUT2D eigenvalue weighted by atomic mass is 32.1. The van der Waals surface area contributed by atoms with Gasteiger partial charge >= 0.3 is 0 Å². The normalized spacial score (nSPS) is 15.3. The molecule has 3 heterocycles. The lowest BCUT2D eigenvalue weighted by Gasteiger charge is -2.35. The van der Waals surface area contributed by atoms with Gasteiger partial charge < -0.3 is 9.80 Å². The molecule has 6 heteroatoms. The summed E-state index contributed by atoms with van der Waals surface area (Å²) >= 11 is 1.60. The first kappa shape index (κ1) is 15.1. The van der Waals surface area contributed by atoms with Crippen LogP contribution in [0.25, 0.3) is 10.2 Å². The molecule has 1 aliphatic heterocycles. The smallest absolute Gasteiger partial charge is 0.242 e. The van der Waals surface area contributed by atoms with Crippen molar-refractivity contribution in [3.8, 4) is 0 Å². The zero-order valence-corrected chi connectivity index (χ0v) is 14.3. The van der Waals surface area contributed by atoms with Crippen molar-refractivity contribution in [1.29, 1.82) is 0 Å². The first-order valence-electron chi connectivity index (χ1n) is 7.97. The van der Waals surface area contributed by atoms with E-state index in [1.54, 1.807) is 17.7 Å². The molecule has 1 amide bonds.